The molecule has 16 heavy (non-hydrogen) atoms. The summed E-state index contributed by atoms with van der Waals surface area (Å²) in [6.07, 6.45) is 0. The predicted molar refractivity (Wildman–Crippen MR) is 65.4 cm³/mol. The van der Waals surface area contributed by atoms with E-state index in [-0.39, 0.29) is 4.90 Å². The van der Waals surface area contributed by atoms with Crippen LogP contribution < -0.4 is 0 Å². The van der Waals surface area contributed by atoms with Gasteiger partial charge in [-0.25, -0.2) is 8.42 Å². The first-order valence-electron chi connectivity index (χ1n) is 4.99. The van der Waals surface area contributed by atoms with Crippen molar-refractivity contribution in [2.75, 3.05) is 0 Å². The molecule has 1 aromatic carbocycles. The van der Waals surface area contributed by atoms with Crippen molar-refractivity contribution in [1.82, 2.24) is 4.57 Å². The van der Waals surface area contributed by atoms with E-state index in [4.69, 9.17) is 10.7 Å². The fraction of sp³-hybridized carbons (Fsp3) is 0.273. The zero-order chi connectivity index (χ0) is 11.9. The van der Waals surface area contributed by atoms with E-state index in [0.29, 0.717) is 11.1 Å². The summed E-state index contributed by atoms with van der Waals surface area (Å²) < 4.78 is 25.0. The Morgan fingerprint density at radius 1 is 1.31 bits per heavy atom. The van der Waals surface area contributed by atoms with Gasteiger partial charge in [-0.1, -0.05) is 18.2 Å². The van der Waals surface area contributed by atoms with E-state index in [2.05, 4.69) is 0 Å². The average molecular weight is 258 g/mol. The number of hydrogen-bond acceptors (Lipinski definition) is 2. The van der Waals surface area contributed by atoms with Gasteiger partial charge in [-0.15, -0.1) is 0 Å². The summed E-state index contributed by atoms with van der Waals surface area (Å²) in [6.45, 7) is 4.47. The summed E-state index contributed by atoms with van der Waals surface area (Å²) in [4.78, 5) is 0.228. The Hall–Kier alpha value is -1.00. The van der Waals surface area contributed by atoms with Crippen LogP contribution in [-0.2, 0) is 15.6 Å². The van der Waals surface area contributed by atoms with Crippen molar-refractivity contribution >= 4 is 30.6 Å². The number of rotatable bonds is 2. The van der Waals surface area contributed by atoms with Gasteiger partial charge in [-0.05, 0) is 19.9 Å². The number of nitrogens with zero attached hydrogens (tertiary/aromatic N) is 1. The van der Waals surface area contributed by atoms with Crippen LogP contribution in [0.1, 0.15) is 12.6 Å². The lowest BCUT2D eigenvalue weighted by atomic mass is 10.2. The molecule has 0 bridgehead atoms. The van der Waals surface area contributed by atoms with Gasteiger partial charge in [0, 0.05) is 33.8 Å². The lowest BCUT2D eigenvalue weighted by Crippen LogP contribution is -1.98. The van der Waals surface area contributed by atoms with Crippen LogP contribution in [-0.4, -0.2) is 13.0 Å². The Balaban J connectivity index is 3.00. The van der Waals surface area contributed by atoms with Gasteiger partial charge in [0.05, 0.1) is 0 Å². The van der Waals surface area contributed by atoms with Crippen molar-refractivity contribution < 1.29 is 8.42 Å². The van der Waals surface area contributed by atoms with E-state index < -0.39 is 9.05 Å². The Bertz CT molecular complexity index is 643. The molecule has 0 fully saturated rings. The largest absolute Gasteiger partial charge is 0.344 e. The molecule has 2 rings (SSSR count). The third-order valence-electron chi connectivity index (χ3n) is 2.73. The zero-order valence-corrected chi connectivity index (χ0v) is 10.6. The van der Waals surface area contributed by atoms with Crippen molar-refractivity contribution in [2.24, 2.45) is 0 Å². The average Bonchev–Trinajstić information content (AvgIpc) is 2.48. The predicted octanol–water partition coefficient (Wildman–Crippen LogP) is 2.90. The third-order valence-corrected chi connectivity index (χ3v) is 4.20. The normalized spacial score (nSPS) is 12.2. The van der Waals surface area contributed by atoms with Crippen molar-refractivity contribution in [3.8, 4) is 0 Å². The van der Waals surface area contributed by atoms with E-state index in [0.717, 1.165) is 12.1 Å². The summed E-state index contributed by atoms with van der Waals surface area (Å²) in [6, 6.07) is 7.38. The topological polar surface area (TPSA) is 39.1 Å². The maximum absolute atomic E-state index is 11.5. The molecule has 0 aliphatic rings. The zero-order valence-electron chi connectivity index (χ0n) is 9.07. The van der Waals surface area contributed by atoms with Gasteiger partial charge in [0.15, 0.2) is 0 Å². The minimum Gasteiger partial charge on any atom is -0.344 e. The highest BCUT2D eigenvalue weighted by Crippen LogP contribution is 2.31. The molecule has 5 heteroatoms. The molecule has 86 valence electrons. The van der Waals surface area contributed by atoms with Crippen molar-refractivity contribution in [1.29, 1.82) is 0 Å². The first-order chi connectivity index (χ1) is 7.46. The van der Waals surface area contributed by atoms with E-state index >= 15 is 0 Å². The standard InChI is InChI=1S/C11H12ClNO2S/c1-3-13-8(2)11(16(12,14)15)9-6-4-5-7-10(9)13/h4-7H,3H2,1-2H3. The first kappa shape index (κ1) is 11.5. The Labute approximate surface area is 99.1 Å². The van der Waals surface area contributed by atoms with Crippen molar-refractivity contribution in [3.05, 3.63) is 30.0 Å². The molecule has 0 saturated heterocycles. The van der Waals surface area contributed by atoms with Crippen molar-refractivity contribution in [2.45, 2.75) is 25.3 Å². The highest BCUT2D eigenvalue weighted by molar-refractivity contribution is 8.14. The van der Waals surface area contributed by atoms with E-state index in [1.807, 2.05) is 29.7 Å². The smallest absolute Gasteiger partial charge is 0.263 e. The van der Waals surface area contributed by atoms with Crippen LogP contribution in [0.5, 0.6) is 0 Å². The summed E-state index contributed by atoms with van der Waals surface area (Å²) in [7, 11) is 1.77. The fourth-order valence-corrected chi connectivity index (χ4v) is 3.60. The van der Waals surface area contributed by atoms with Crippen LogP contribution in [0.3, 0.4) is 0 Å². The Morgan fingerprint density at radius 2 is 1.94 bits per heavy atom. The molecular weight excluding hydrogens is 246 g/mol. The lowest BCUT2D eigenvalue weighted by molar-refractivity contribution is 0.608. The molecule has 0 spiro atoms. The van der Waals surface area contributed by atoms with E-state index in [1.165, 1.54) is 0 Å². The van der Waals surface area contributed by atoms with Crippen molar-refractivity contribution in [3.63, 3.8) is 0 Å². The fourth-order valence-electron chi connectivity index (χ4n) is 2.11. The van der Waals surface area contributed by atoms with Crippen LogP contribution in [0.25, 0.3) is 10.9 Å². The van der Waals surface area contributed by atoms with Crippen LogP contribution in [0.15, 0.2) is 29.2 Å². The van der Waals surface area contributed by atoms with Gasteiger partial charge in [0.2, 0.25) is 0 Å². The second kappa shape index (κ2) is 3.79. The molecule has 2 aromatic rings. The molecule has 0 aliphatic carbocycles. The third kappa shape index (κ3) is 1.62. The minimum atomic E-state index is -3.70. The number of halogens is 1. The number of benzene rings is 1. The minimum absolute atomic E-state index is 0.228. The molecular formula is C11H12ClNO2S. The van der Waals surface area contributed by atoms with Gasteiger partial charge in [-0.3, -0.25) is 0 Å². The molecule has 3 nitrogen and oxygen atoms in total. The molecule has 0 aliphatic heterocycles. The number of aromatic nitrogens is 1. The van der Waals surface area contributed by atoms with Gasteiger partial charge in [0.1, 0.15) is 4.90 Å². The number of hydrogen-bond donors (Lipinski definition) is 0. The van der Waals surface area contributed by atoms with Crippen LogP contribution in [0.2, 0.25) is 0 Å². The first-order valence-corrected chi connectivity index (χ1v) is 7.30. The Kier molecular flexibility index (Phi) is 2.72. The van der Waals surface area contributed by atoms with Gasteiger partial charge in [-0.2, -0.15) is 0 Å². The number of aryl methyl sites for hydroxylation is 1. The molecule has 0 saturated carbocycles. The maximum Gasteiger partial charge on any atom is 0.263 e. The number of fused-ring (bicyclic) bond motifs is 1. The van der Waals surface area contributed by atoms with E-state index in [9.17, 15) is 8.42 Å². The van der Waals surface area contributed by atoms with Crippen LogP contribution in [0.4, 0.5) is 0 Å². The van der Waals surface area contributed by atoms with Gasteiger partial charge in [0.25, 0.3) is 9.05 Å². The summed E-state index contributed by atoms with van der Waals surface area (Å²) >= 11 is 0. The van der Waals surface area contributed by atoms with Crippen LogP contribution in [0, 0.1) is 6.92 Å². The molecule has 0 radical (unpaired) electrons. The monoisotopic (exact) mass is 257 g/mol. The van der Waals surface area contributed by atoms with Gasteiger partial charge >= 0.3 is 0 Å². The molecule has 0 atom stereocenters. The second-order valence-electron chi connectivity index (χ2n) is 3.61. The highest BCUT2D eigenvalue weighted by Gasteiger charge is 2.22. The Morgan fingerprint density at radius 3 is 2.50 bits per heavy atom. The molecule has 0 amide bonds. The second-order valence-corrected chi connectivity index (χ2v) is 6.12. The summed E-state index contributed by atoms with van der Waals surface area (Å²) in [5.41, 5.74) is 1.60. The molecule has 1 aromatic heterocycles. The quantitative estimate of drug-likeness (QED) is 0.776. The highest BCUT2D eigenvalue weighted by atomic mass is 35.7. The summed E-state index contributed by atoms with van der Waals surface area (Å²) in [5, 5.41) is 0.692. The maximum atomic E-state index is 11.5. The van der Waals surface area contributed by atoms with E-state index in [1.54, 1.807) is 13.0 Å². The lowest BCUT2D eigenvalue weighted by Gasteiger charge is -2.03. The van der Waals surface area contributed by atoms with Gasteiger partial charge < -0.3 is 4.57 Å². The molecule has 1 heterocycles. The molecule has 0 N–H and O–H groups in total. The summed E-state index contributed by atoms with van der Waals surface area (Å²) in [5.74, 6) is 0. The molecule has 0 unspecified atom stereocenters. The van der Waals surface area contributed by atoms with Crippen LogP contribution >= 0.6 is 10.7 Å². The number of para-hydroxylation sites is 1. The SMILES string of the molecule is CCn1c(C)c(S(=O)(=O)Cl)c2ccccc21.